The van der Waals surface area contributed by atoms with Crippen LogP contribution >= 0.6 is 0 Å². The number of likely N-dealkylation sites (tertiary alicyclic amines) is 1. The Morgan fingerprint density at radius 3 is 2.87 bits per heavy atom. The summed E-state index contributed by atoms with van der Waals surface area (Å²) in [6.07, 6.45) is 3.08. The molecule has 1 atom stereocenters. The Balaban J connectivity index is 2.44. The van der Waals surface area contributed by atoms with Crippen LogP contribution in [0.1, 0.15) is 33.1 Å². The maximum absolute atomic E-state index is 9.66. The highest BCUT2D eigenvalue weighted by molar-refractivity contribution is 4.86. The smallest absolute Gasteiger partial charge is 0.0723 e. The summed E-state index contributed by atoms with van der Waals surface area (Å²) in [7, 11) is 0. The standard InChI is InChI=1S/C10H20N4O/c1-10(2)5-3-4-6-14(10)8-9(15)7-12-13-11/h9,15H,3-8H2,1-2H3. The van der Waals surface area contributed by atoms with E-state index >= 15 is 0 Å². The monoisotopic (exact) mass is 212 g/mol. The molecule has 0 aromatic heterocycles. The van der Waals surface area contributed by atoms with Crippen molar-refractivity contribution in [2.75, 3.05) is 19.6 Å². The molecule has 0 bridgehead atoms. The van der Waals surface area contributed by atoms with Gasteiger partial charge in [0.25, 0.3) is 0 Å². The maximum Gasteiger partial charge on any atom is 0.0723 e. The van der Waals surface area contributed by atoms with Gasteiger partial charge in [-0.25, -0.2) is 0 Å². The molecule has 0 saturated carbocycles. The van der Waals surface area contributed by atoms with Gasteiger partial charge in [-0.3, -0.25) is 4.90 Å². The topological polar surface area (TPSA) is 72.2 Å². The lowest BCUT2D eigenvalue weighted by atomic mass is 9.90. The molecule has 0 aromatic rings. The lowest BCUT2D eigenvalue weighted by Gasteiger charge is -2.43. The normalized spacial score (nSPS) is 23.1. The van der Waals surface area contributed by atoms with Crippen LogP contribution in [0.4, 0.5) is 0 Å². The molecule has 5 heteroatoms. The van der Waals surface area contributed by atoms with Crippen LogP contribution in [0.2, 0.25) is 0 Å². The fourth-order valence-corrected chi connectivity index (χ4v) is 2.10. The second kappa shape index (κ2) is 5.35. The average Bonchev–Trinajstić information content (AvgIpc) is 2.18. The van der Waals surface area contributed by atoms with Gasteiger partial charge >= 0.3 is 0 Å². The molecule has 1 saturated heterocycles. The molecule has 0 aromatic carbocycles. The third kappa shape index (κ3) is 3.70. The molecule has 1 N–H and O–H groups in total. The van der Waals surface area contributed by atoms with Gasteiger partial charge in [0, 0.05) is 17.0 Å². The molecule has 0 spiro atoms. The van der Waals surface area contributed by atoms with Gasteiger partial charge in [-0.2, -0.15) is 0 Å². The molecule has 15 heavy (non-hydrogen) atoms. The van der Waals surface area contributed by atoms with Gasteiger partial charge in [0.2, 0.25) is 0 Å². The predicted molar refractivity (Wildman–Crippen MR) is 59.5 cm³/mol. The minimum atomic E-state index is -0.543. The summed E-state index contributed by atoms with van der Waals surface area (Å²) >= 11 is 0. The molecule has 1 heterocycles. The third-order valence-corrected chi connectivity index (χ3v) is 3.11. The molecule has 1 fully saturated rings. The number of β-amino-alcohol motifs (C(OH)–C–C–N with tert-alkyl or cyclic N) is 1. The molecular formula is C10H20N4O. The summed E-state index contributed by atoms with van der Waals surface area (Å²) in [5.41, 5.74) is 8.32. The molecule has 86 valence electrons. The molecule has 1 unspecified atom stereocenters. The van der Waals surface area contributed by atoms with Crippen LogP contribution in [0.5, 0.6) is 0 Å². The van der Waals surface area contributed by atoms with Crippen molar-refractivity contribution < 1.29 is 5.11 Å². The molecule has 0 amide bonds. The van der Waals surface area contributed by atoms with Crippen molar-refractivity contribution >= 4 is 0 Å². The van der Waals surface area contributed by atoms with Gasteiger partial charge in [0.15, 0.2) is 0 Å². The van der Waals surface area contributed by atoms with E-state index in [2.05, 4.69) is 28.8 Å². The SMILES string of the molecule is CC1(C)CCCCN1CC(O)CN=[N+]=[N-]. The van der Waals surface area contributed by atoms with E-state index in [1.54, 1.807) is 0 Å². The summed E-state index contributed by atoms with van der Waals surface area (Å²) in [5, 5.41) is 13.0. The van der Waals surface area contributed by atoms with Gasteiger partial charge in [0.05, 0.1) is 12.6 Å². The Kier molecular flexibility index (Phi) is 4.39. The molecule has 0 aliphatic carbocycles. The van der Waals surface area contributed by atoms with Crippen molar-refractivity contribution in [2.45, 2.75) is 44.8 Å². The number of aliphatic hydroxyl groups is 1. The molecule has 5 nitrogen and oxygen atoms in total. The number of azide groups is 1. The Labute approximate surface area is 90.7 Å². The van der Waals surface area contributed by atoms with E-state index in [1.807, 2.05) is 0 Å². The van der Waals surface area contributed by atoms with Crippen molar-refractivity contribution in [1.82, 2.24) is 4.90 Å². The van der Waals surface area contributed by atoms with Crippen molar-refractivity contribution in [3.05, 3.63) is 10.4 Å². The number of aliphatic hydroxyl groups excluding tert-OH is 1. The van der Waals surface area contributed by atoms with Gasteiger partial charge in [-0.05, 0) is 38.8 Å². The predicted octanol–water partition coefficient (Wildman–Crippen LogP) is 1.92. The number of nitrogens with zero attached hydrogens (tertiary/aromatic N) is 4. The van der Waals surface area contributed by atoms with Crippen molar-refractivity contribution in [3.63, 3.8) is 0 Å². The van der Waals surface area contributed by atoms with Crippen LogP contribution in [0.15, 0.2) is 5.11 Å². The third-order valence-electron chi connectivity index (χ3n) is 3.11. The van der Waals surface area contributed by atoms with Crippen LogP contribution in [-0.2, 0) is 0 Å². The fraction of sp³-hybridized carbons (Fsp3) is 1.00. The number of hydrogen-bond acceptors (Lipinski definition) is 3. The fourth-order valence-electron chi connectivity index (χ4n) is 2.10. The Bertz CT molecular complexity index is 248. The summed E-state index contributed by atoms with van der Waals surface area (Å²) in [6.45, 7) is 6.20. The molecule has 0 radical (unpaired) electrons. The summed E-state index contributed by atoms with van der Waals surface area (Å²) in [4.78, 5) is 4.94. The van der Waals surface area contributed by atoms with E-state index in [9.17, 15) is 5.11 Å². The van der Waals surface area contributed by atoms with Crippen LogP contribution in [-0.4, -0.2) is 41.3 Å². The lowest BCUT2D eigenvalue weighted by molar-refractivity contribution is 0.0289. The zero-order chi connectivity index (χ0) is 11.3. The Hall–Kier alpha value is -0.770. The second-order valence-electron chi connectivity index (χ2n) is 4.78. The molecule has 1 rings (SSSR count). The Morgan fingerprint density at radius 2 is 2.27 bits per heavy atom. The van der Waals surface area contributed by atoms with E-state index in [0.29, 0.717) is 6.54 Å². The van der Waals surface area contributed by atoms with Crippen LogP contribution in [0.3, 0.4) is 0 Å². The van der Waals surface area contributed by atoms with Crippen LogP contribution in [0.25, 0.3) is 10.4 Å². The van der Waals surface area contributed by atoms with Gasteiger partial charge in [-0.1, -0.05) is 11.5 Å². The second-order valence-corrected chi connectivity index (χ2v) is 4.78. The summed E-state index contributed by atoms with van der Waals surface area (Å²) in [6, 6.07) is 0. The number of rotatable bonds is 4. The zero-order valence-corrected chi connectivity index (χ0v) is 9.56. The first kappa shape index (κ1) is 12.3. The highest BCUT2D eigenvalue weighted by Gasteiger charge is 2.30. The van der Waals surface area contributed by atoms with Gasteiger partial charge in [0.1, 0.15) is 0 Å². The van der Waals surface area contributed by atoms with E-state index in [0.717, 1.165) is 6.54 Å². The van der Waals surface area contributed by atoms with Crippen molar-refractivity contribution in [3.8, 4) is 0 Å². The summed E-state index contributed by atoms with van der Waals surface area (Å²) < 4.78 is 0. The van der Waals surface area contributed by atoms with Crippen LogP contribution in [0, 0.1) is 0 Å². The number of hydrogen-bond donors (Lipinski definition) is 1. The zero-order valence-electron chi connectivity index (χ0n) is 9.56. The maximum atomic E-state index is 9.66. The van der Waals surface area contributed by atoms with E-state index in [-0.39, 0.29) is 12.1 Å². The van der Waals surface area contributed by atoms with Gasteiger partial charge < -0.3 is 5.11 Å². The molecule has 1 aliphatic rings. The van der Waals surface area contributed by atoms with E-state index in [1.165, 1.54) is 19.3 Å². The minimum Gasteiger partial charge on any atom is -0.392 e. The van der Waals surface area contributed by atoms with E-state index < -0.39 is 6.10 Å². The molecular weight excluding hydrogens is 192 g/mol. The molecule has 1 aliphatic heterocycles. The summed E-state index contributed by atoms with van der Waals surface area (Å²) in [5.74, 6) is 0. The highest BCUT2D eigenvalue weighted by atomic mass is 16.3. The van der Waals surface area contributed by atoms with E-state index in [4.69, 9.17) is 5.53 Å². The lowest BCUT2D eigenvalue weighted by Crippen LogP contribution is -2.50. The van der Waals surface area contributed by atoms with Gasteiger partial charge in [-0.15, -0.1) is 0 Å². The Morgan fingerprint density at radius 1 is 1.53 bits per heavy atom. The first-order valence-corrected chi connectivity index (χ1v) is 5.50. The first-order chi connectivity index (χ1) is 7.06. The highest BCUT2D eigenvalue weighted by Crippen LogP contribution is 2.27. The van der Waals surface area contributed by atoms with Crippen LogP contribution < -0.4 is 0 Å². The average molecular weight is 212 g/mol. The van der Waals surface area contributed by atoms with Crippen molar-refractivity contribution in [2.24, 2.45) is 5.11 Å². The van der Waals surface area contributed by atoms with Crippen molar-refractivity contribution in [1.29, 1.82) is 0 Å². The first-order valence-electron chi connectivity index (χ1n) is 5.50. The quantitative estimate of drug-likeness (QED) is 0.439. The number of piperidine rings is 1. The minimum absolute atomic E-state index is 0.162. The largest absolute Gasteiger partial charge is 0.392 e.